The standard InChI is InChI=1S/C15H17ClN2O2S2/c16-9-1-4-14-13(5-9)15(8-21-14)22(19,20)18-12-6-10-2-3-11(7-12)17-10/h1,4-5,8,10-12,17-18H,2-3,6-7H2. The molecule has 0 aliphatic carbocycles. The van der Waals surface area contributed by atoms with Crippen LogP contribution in [0.2, 0.25) is 5.02 Å². The van der Waals surface area contributed by atoms with Gasteiger partial charge in [-0.05, 0) is 43.9 Å². The van der Waals surface area contributed by atoms with E-state index < -0.39 is 10.0 Å². The van der Waals surface area contributed by atoms with E-state index in [1.165, 1.54) is 11.3 Å². The smallest absolute Gasteiger partial charge is 0.242 e. The average molecular weight is 357 g/mol. The summed E-state index contributed by atoms with van der Waals surface area (Å²) in [6.07, 6.45) is 4.05. The van der Waals surface area contributed by atoms with E-state index in [2.05, 4.69) is 10.0 Å². The third-order valence-corrected chi connectivity index (χ3v) is 7.49. The van der Waals surface area contributed by atoms with E-state index in [0.717, 1.165) is 30.4 Å². The molecular weight excluding hydrogens is 340 g/mol. The number of thiophene rings is 1. The highest BCUT2D eigenvalue weighted by atomic mass is 35.5. The molecule has 0 amide bonds. The van der Waals surface area contributed by atoms with E-state index >= 15 is 0 Å². The number of benzene rings is 1. The van der Waals surface area contributed by atoms with Gasteiger partial charge in [-0.3, -0.25) is 0 Å². The molecule has 2 aromatic rings. The summed E-state index contributed by atoms with van der Waals surface area (Å²) >= 11 is 7.45. The van der Waals surface area contributed by atoms with Crippen LogP contribution in [0.15, 0.2) is 28.5 Å². The van der Waals surface area contributed by atoms with Crippen molar-refractivity contribution in [2.45, 2.75) is 48.7 Å². The van der Waals surface area contributed by atoms with Crippen molar-refractivity contribution in [1.29, 1.82) is 0 Å². The molecule has 2 fully saturated rings. The fraction of sp³-hybridized carbons (Fsp3) is 0.467. The van der Waals surface area contributed by atoms with Gasteiger partial charge in [-0.25, -0.2) is 13.1 Å². The lowest BCUT2D eigenvalue weighted by molar-refractivity contribution is 0.345. The average Bonchev–Trinajstić information content (AvgIpc) is 3.01. The molecule has 4 rings (SSSR count). The zero-order valence-corrected chi connectivity index (χ0v) is 14.3. The molecule has 2 bridgehead atoms. The normalized spacial score (nSPS) is 28.3. The second-order valence-electron chi connectivity index (χ2n) is 6.17. The molecule has 2 aliphatic heterocycles. The minimum Gasteiger partial charge on any atom is -0.311 e. The van der Waals surface area contributed by atoms with Gasteiger partial charge in [-0.2, -0.15) is 0 Å². The summed E-state index contributed by atoms with van der Waals surface area (Å²) in [5.74, 6) is 0. The highest BCUT2D eigenvalue weighted by molar-refractivity contribution is 7.90. The van der Waals surface area contributed by atoms with Gasteiger partial charge in [-0.15, -0.1) is 11.3 Å². The first kappa shape index (κ1) is 14.9. The van der Waals surface area contributed by atoms with Crippen molar-refractivity contribution < 1.29 is 8.42 Å². The SMILES string of the molecule is O=S(=O)(NC1CC2CCC(C1)N2)c1csc2ccc(Cl)cc12. The summed E-state index contributed by atoms with van der Waals surface area (Å²) in [6.45, 7) is 0. The van der Waals surface area contributed by atoms with Gasteiger partial charge in [0, 0.05) is 38.6 Å². The Hall–Kier alpha value is -0.660. The quantitative estimate of drug-likeness (QED) is 0.888. The van der Waals surface area contributed by atoms with E-state index in [-0.39, 0.29) is 6.04 Å². The summed E-state index contributed by atoms with van der Waals surface area (Å²) in [6, 6.07) is 6.33. The van der Waals surface area contributed by atoms with Gasteiger partial charge in [0.2, 0.25) is 10.0 Å². The Kier molecular flexibility index (Phi) is 3.70. The second kappa shape index (κ2) is 5.46. The van der Waals surface area contributed by atoms with Crippen LogP contribution in [0.5, 0.6) is 0 Å². The molecule has 0 spiro atoms. The Balaban J connectivity index is 1.63. The Morgan fingerprint density at radius 1 is 1.23 bits per heavy atom. The van der Waals surface area contributed by atoms with Crippen molar-refractivity contribution in [2.24, 2.45) is 0 Å². The summed E-state index contributed by atoms with van der Waals surface area (Å²) in [5.41, 5.74) is 0. The number of piperidine rings is 1. The third kappa shape index (κ3) is 2.67. The Morgan fingerprint density at radius 2 is 1.95 bits per heavy atom. The predicted octanol–water partition coefficient (Wildman–Crippen LogP) is 3.12. The largest absolute Gasteiger partial charge is 0.311 e. The number of rotatable bonds is 3. The molecule has 2 N–H and O–H groups in total. The number of nitrogens with one attached hydrogen (secondary N) is 2. The van der Waals surface area contributed by atoms with Gasteiger partial charge in [0.05, 0.1) is 0 Å². The zero-order valence-electron chi connectivity index (χ0n) is 11.9. The number of halogens is 1. The van der Waals surface area contributed by atoms with Gasteiger partial charge >= 0.3 is 0 Å². The highest BCUT2D eigenvalue weighted by Crippen LogP contribution is 2.33. The van der Waals surface area contributed by atoms with E-state index in [9.17, 15) is 8.42 Å². The second-order valence-corrected chi connectivity index (χ2v) is 9.20. The Labute approximate surface area is 138 Å². The first-order valence-electron chi connectivity index (χ1n) is 7.46. The number of fused-ring (bicyclic) bond motifs is 3. The van der Waals surface area contributed by atoms with Crippen molar-refractivity contribution in [3.05, 3.63) is 28.6 Å². The monoisotopic (exact) mass is 356 g/mol. The maximum absolute atomic E-state index is 12.8. The molecule has 2 saturated heterocycles. The van der Waals surface area contributed by atoms with Crippen molar-refractivity contribution in [3.8, 4) is 0 Å². The summed E-state index contributed by atoms with van der Waals surface area (Å²) in [4.78, 5) is 0.348. The lowest BCUT2D eigenvalue weighted by Crippen LogP contribution is -2.47. The number of hydrogen-bond donors (Lipinski definition) is 2. The third-order valence-electron chi connectivity index (χ3n) is 4.58. The van der Waals surface area contributed by atoms with Gasteiger partial charge in [0.1, 0.15) is 4.90 Å². The molecule has 22 heavy (non-hydrogen) atoms. The first-order chi connectivity index (χ1) is 10.5. The summed E-state index contributed by atoms with van der Waals surface area (Å²) in [7, 11) is -3.51. The van der Waals surface area contributed by atoms with Crippen LogP contribution in [0.1, 0.15) is 25.7 Å². The predicted molar refractivity (Wildman–Crippen MR) is 90.1 cm³/mol. The molecular formula is C15H17ClN2O2S2. The molecule has 1 aromatic carbocycles. The fourth-order valence-electron chi connectivity index (χ4n) is 3.62. The summed E-state index contributed by atoms with van der Waals surface area (Å²) in [5, 5.41) is 6.50. The molecule has 0 radical (unpaired) electrons. The van der Waals surface area contributed by atoms with Crippen molar-refractivity contribution in [2.75, 3.05) is 0 Å². The Bertz CT molecular complexity index is 806. The molecule has 1 aromatic heterocycles. The molecule has 2 atom stereocenters. The highest BCUT2D eigenvalue weighted by Gasteiger charge is 2.35. The molecule has 0 saturated carbocycles. The van der Waals surface area contributed by atoms with Crippen molar-refractivity contribution in [1.82, 2.24) is 10.0 Å². The first-order valence-corrected chi connectivity index (χ1v) is 10.2. The van der Waals surface area contributed by atoms with E-state index in [0.29, 0.717) is 27.4 Å². The van der Waals surface area contributed by atoms with Gasteiger partial charge in [0.25, 0.3) is 0 Å². The minimum absolute atomic E-state index is 0.0258. The van der Waals surface area contributed by atoms with Crippen LogP contribution in [-0.2, 0) is 10.0 Å². The van der Waals surface area contributed by atoms with Crippen molar-refractivity contribution in [3.63, 3.8) is 0 Å². The molecule has 3 heterocycles. The Morgan fingerprint density at radius 3 is 2.68 bits per heavy atom. The van der Waals surface area contributed by atoms with E-state index in [1.807, 2.05) is 6.07 Å². The van der Waals surface area contributed by atoms with Gasteiger partial charge < -0.3 is 5.32 Å². The van der Waals surface area contributed by atoms with Crippen LogP contribution in [-0.4, -0.2) is 26.5 Å². The van der Waals surface area contributed by atoms with E-state index in [1.54, 1.807) is 17.5 Å². The lowest BCUT2D eigenvalue weighted by Gasteiger charge is -2.29. The van der Waals surface area contributed by atoms with Crippen LogP contribution >= 0.6 is 22.9 Å². The maximum atomic E-state index is 12.8. The van der Waals surface area contributed by atoms with Gasteiger partial charge in [0.15, 0.2) is 0 Å². The molecule has 2 aliphatic rings. The molecule has 2 unspecified atom stereocenters. The minimum atomic E-state index is -3.51. The number of hydrogen-bond acceptors (Lipinski definition) is 4. The van der Waals surface area contributed by atoms with Crippen LogP contribution in [0, 0.1) is 0 Å². The molecule has 4 nitrogen and oxygen atoms in total. The van der Waals surface area contributed by atoms with E-state index in [4.69, 9.17) is 11.6 Å². The number of sulfonamides is 1. The zero-order chi connectivity index (χ0) is 15.3. The van der Waals surface area contributed by atoms with Crippen LogP contribution in [0.25, 0.3) is 10.1 Å². The van der Waals surface area contributed by atoms with Gasteiger partial charge in [-0.1, -0.05) is 11.6 Å². The lowest BCUT2D eigenvalue weighted by atomic mass is 10.0. The molecule has 118 valence electrons. The maximum Gasteiger partial charge on any atom is 0.242 e. The van der Waals surface area contributed by atoms with Crippen LogP contribution in [0.4, 0.5) is 0 Å². The summed E-state index contributed by atoms with van der Waals surface area (Å²) < 4.78 is 29.4. The topological polar surface area (TPSA) is 58.2 Å². The van der Waals surface area contributed by atoms with Crippen LogP contribution < -0.4 is 10.0 Å². The molecule has 7 heteroatoms. The van der Waals surface area contributed by atoms with Crippen molar-refractivity contribution >= 4 is 43.0 Å². The fourth-order valence-corrected chi connectivity index (χ4v) is 6.53. The van der Waals surface area contributed by atoms with Crippen LogP contribution in [0.3, 0.4) is 0 Å².